The van der Waals surface area contributed by atoms with Gasteiger partial charge in [0, 0.05) is 17.7 Å². The third-order valence-corrected chi connectivity index (χ3v) is 10.2. The number of aromatic nitrogens is 1. The Hall–Kier alpha value is -4.35. The van der Waals surface area contributed by atoms with E-state index in [4.69, 9.17) is 19.2 Å². The molecule has 1 aliphatic heterocycles. The Morgan fingerprint density at radius 2 is 1.69 bits per heavy atom. The van der Waals surface area contributed by atoms with Gasteiger partial charge < -0.3 is 14.2 Å². The van der Waals surface area contributed by atoms with E-state index >= 15 is 0 Å². The van der Waals surface area contributed by atoms with Gasteiger partial charge in [-0.05, 0) is 111 Å². The van der Waals surface area contributed by atoms with Gasteiger partial charge in [0.25, 0.3) is 11.2 Å². The van der Waals surface area contributed by atoms with Gasteiger partial charge in [-0.2, -0.15) is 0 Å². The zero-order valence-electron chi connectivity index (χ0n) is 26.1. The summed E-state index contributed by atoms with van der Waals surface area (Å²) >= 11 is 5.64. The highest BCUT2D eigenvalue weighted by molar-refractivity contribution is 14.1. The maximum absolute atomic E-state index is 14.3. The number of nitrogens with zero attached hydrogens (tertiary/aromatic N) is 3. The number of fused-ring (bicyclic) bond motifs is 1. The van der Waals surface area contributed by atoms with Gasteiger partial charge in [0.2, 0.25) is 0 Å². The van der Waals surface area contributed by atoms with E-state index in [0.717, 1.165) is 23.8 Å². The number of hydrogen-bond acceptors (Lipinski definition) is 9. The summed E-state index contributed by atoms with van der Waals surface area (Å²) in [7, 11) is 1.58. The van der Waals surface area contributed by atoms with Crippen LogP contribution in [-0.2, 0) is 16.1 Å². The monoisotopic (exact) mass is 899 g/mol. The number of thiazole rings is 1. The van der Waals surface area contributed by atoms with Gasteiger partial charge in [0.05, 0.1) is 47.6 Å². The number of ether oxygens (including phenoxy) is 3. The lowest BCUT2D eigenvalue weighted by molar-refractivity contribution is -0.384. The van der Waals surface area contributed by atoms with E-state index in [-0.39, 0.29) is 30.0 Å². The van der Waals surface area contributed by atoms with Gasteiger partial charge in [0.1, 0.15) is 18.1 Å². The number of nitro benzene ring substituents is 1. The minimum atomic E-state index is -0.797. The molecule has 0 aliphatic carbocycles. The number of benzene rings is 4. The predicted octanol–water partition coefficient (Wildman–Crippen LogP) is 6.64. The van der Waals surface area contributed by atoms with Crippen molar-refractivity contribution in [2.75, 3.05) is 13.7 Å². The van der Waals surface area contributed by atoms with Gasteiger partial charge in [-0.25, -0.2) is 9.79 Å². The number of carbonyl (C=O) groups is 1. The van der Waals surface area contributed by atoms with Crippen LogP contribution in [0.1, 0.15) is 35.2 Å². The minimum Gasteiger partial charge on any atom is -0.497 e. The number of esters is 1. The standard InChI is InChI=1S/C36H27I2N3O7S/c1-3-47-35(43)30-31(23-7-5-4-6-8-23)39-36-40(32(30)24-11-15-26(46-2)16-12-24)34(42)29(49-36)19-22-17-27(37)33(28(38)18-22)48-20-21-9-13-25(14-10-21)41(44)45/h4-19,32H,3,20H2,1-2H3/b29-19-/t32-/m0/s1. The molecular weight excluding hydrogens is 872 g/mol. The second-order valence-electron chi connectivity index (χ2n) is 10.7. The highest BCUT2D eigenvalue weighted by Gasteiger charge is 2.35. The molecule has 0 saturated heterocycles. The molecular formula is C36H27I2N3O7S. The van der Waals surface area contributed by atoms with Crippen molar-refractivity contribution in [3.05, 3.63) is 156 Å². The quantitative estimate of drug-likeness (QED) is 0.0667. The van der Waals surface area contributed by atoms with Crippen LogP contribution in [-0.4, -0.2) is 29.2 Å². The van der Waals surface area contributed by atoms with E-state index in [9.17, 15) is 19.7 Å². The van der Waals surface area contributed by atoms with Gasteiger partial charge >= 0.3 is 5.97 Å². The van der Waals surface area contributed by atoms with Crippen molar-refractivity contribution in [2.24, 2.45) is 4.99 Å². The van der Waals surface area contributed by atoms with Gasteiger partial charge in [0.15, 0.2) is 4.80 Å². The molecule has 0 fully saturated rings. The largest absolute Gasteiger partial charge is 0.497 e. The van der Waals surface area contributed by atoms with Crippen molar-refractivity contribution in [2.45, 2.75) is 19.6 Å². The van der Waals surface area contributed by atoms with Crippen LogP contribution in [0.2, 0.25) is 0 Å². The number of hydrogen-bond donors (Lipinski definition) is 0. The van der Waals surface area contributed by atoms with Crippen LogP contribution in [0.3, 0.4) is 0 Å². The second kappa shape index (κ2) is 15.0. The maximum Gasteiger partial charge on any atom is 0.338 e. The Labute approximate surface area is 311 Å². The van der Waals surface area contributed by atoms with E-state index < -0.39 is 16.9 Å². The molecule has 0 radical (unpaired) electrons. The van der Waals surface area contributed by atoms with E-state index in [2.05, 4.69) is 45.2 Å². The Morgan fingerprint density at radius 1 is 1.02 bits per heavy atom. The van der Waals surface area contributed by atoms with Crippen molar-refractivity contribution in [3.63, 3.8) is 0 Å². The van der Waals surface area contributed by atoms with Crippen LogP contribution in [0.4, 0.5) is 5.69 Å². The van der Waals surface area contributed by atoms with Crippen LogP contribution in [0, 0.1) is 17.3 Å². The van der Waals surface area contributed by atoms with E-state index in [1.54, 1.807) is 42.9 Å². The normalized spacial score (nSPS) is 14.2. The molecule has 1 aromatic heterocycles. The number of nitro groups is 1. The van der Waals surface area contributed by atoms with Crippen LogP contribution in [0.5, 0.6) is 11.5 Å². The smallest absolute Gasteiger partial charge is 0.338 e. The van der Waals surface area contributed by atoms with Crippen LogP contribution in [0.25, 0.3) is 11.8 Å². The lowest BCUT2D eigenvalue weighted by atomic mass is 9.93. The molecule has 1 atom stereocenters. The molecule has 5 aromatic rings. The summed E-state index contributed by atoms with van der Waals surface area (Å²) in [6, 6.07) is 26.0. The minimum absolute atomic E-state index is 0.0197. The molecule has 13 heteroatoms. The fraction of sp³-hybridized carbons (Fsp3) is 0.139. The third-order valence-electron chi connectivity index (χ3n) is 7.65. The van der Waals surface area contributed by atoms with Crippen molar-refractivity contribution < 1.29 is 23.9 Å². The fourth-order valence-electron chi connectivity index (χ4n) is 5.36. The van der Waals surface area contributed by atoms with Gasteiger partial charge in [-0.3, -0.25) is 19.5 Å². The molecule has 0 amide bonds. The van der Waals surface area contributed by atoms with Crippen molar-refractivity contribution in [1.82, 2.24) is 4.57 Å². The molecule has 49 heavy (non-hydrogen) atoms. The van der Waals surface area contributed by atoms with Crippen molar-refractivity contribution >= 4 is 79.9 Å². The fourth-order valence-corrected chi connectivity index (χ4v) is 8.49. The molecule has 0 N–H and O–H groups in total. The summed E-state index contributed by atoms with van der Waals surface area (Å²) in [5, 5.41) is 11.0. The number of methoxy groups -OCH3 is 1. The first-order valence-corrected chi connectivity index (χ1v) is 17.9. The van der Waals surface area contributed by atoms with Crippen molar-refractivity contribution in [3.8, 4) is 11.5 Å². The Kier molecular flexibility index (Phi) is 10.6. The topological polar surface area (TPSA) is 122 Å². The molecule has 4 aromatic carbocycles. The zero-order valence-corrected chi connectivity index (χ0v) is 31.2. The first kappa shape index (κ1) is 34.5. The van der Waals surface area contributed by atoms with Gasteiger partial charge in [-0.15, -0.1) is 0 Å². The summed E-state index contributed by atoms with van der Waals surface area (Å²) in [5.74, 6) is 0.767. The lowest BCUT2D eigenvalue weighted by Gasteiger charge is -2.26. The molecule has 1 aliphatic rings. The number of rotatable bonds is 10. The average molecular weight is 900 g/mol. The first-order chi connectivity index (χ1) is 23.7. The van der Waals surface area contributed by atoms with Crippen LogP contribution < -0.4 is 24.4 Å². The third kappa shape index (κ3) is 7.33. The van der Waals surface area contributed by atoms with E-state index in [1.165, 1.54) is 23.5 Å². The molecule has 6 rings (SSSR count). The number of non-ortho nitro benzene ring substituents is 1. The highest BCUT2D eigenvalue weighted by atomic mass is 127. The Balaban J connectivity index is 1.44. The predicted molar refractivity (Wildman–Crippen MR) is 203 cm³/mol. The summed E-state index contributed by atoms with van der Waals surface area (Å²) in [4.78, 5) is 43.8. The summed E-state index contributed by atoms with van der Waals surface area (Å²) in [6.07, 6.45) is 1.82. The molecule has 0 bridgehead atoms. The van der Waals surface area contributed by atoms with E-state index in [0.29, 0.717) is 32.1 Å². The molecule has 0 unspecified atom stereocenters. The number of halogens is 2. The molecule has 2 heterocycles. The van der Waals surface area contributed by atoms with E-state index in [1.807, 2.05) is 60.7 Å². The molecule has 248 valence electrons. The van der Waals surface area contributed by atoms with Gasteiger partial charge in [-0.1, -0.05) is 53.8 Å². The number of carbonyl (C=O) groups excluding carboxylic acids is 1. The summed E-state index contributed by atoms with van der Waals surface area (Å²) in [6.45, 7) is 2.14. The first-order valence-electron chi connectivity index (χ1n) is 15.0. The molecule has 10 nitrogen and oxygen atoms in total. The highest BCUT2D eigenvalue weighted by Crippen LogP contribution is 2.36. The summed E-state index contributed by atoms with van der Waals surface area (Å²) in [5.41, 5.74) is 3.48. The summed E-state index contributed by atoms with van der Waals surface area (Å²) < 4.78 is 20.7. The molecule has 0 spiro atoms. The van der Waals surface area contributed by atoms with Crippen LogP contribution >= 0.6 is 56.5 Å². The Bertz CT molecular complexity index is 2240. The second-order valence-corrected chi connectivity index (χ2v) is 14.1. The maximum atomic E-state index is 14.3. The van der Waals surface area contributed by atoms with Crippen LogP contribution in [0.15, 0.2) is 106 Å². The van der Waals surface area contributed by atoms with Crippen molar-refractivity contribution in [1.29, 1.82) is 0 Å². The lowest BCUT2D eigenvalue weighted by Crippen LogP contribution is -2.40. The SMILES string of the molecule is CCOC(=O)C1=C(c2ccccc2)N=c2s/c(=C\c3cc(I)c(OCc4ccc([N+](=O)[O-])cc4)c(I)c3)c(=O)n2[C@H]1c1ccc(OC)cc1. The zero-order chi connectivity index (χ0) is 34.7. The average Bonchev–Trinajstić information content (AvgIpc) is 3.41. The molecule has 0 saturated carbocycles. The Morgan fingerprint density at radius 3 is 2.31 bits per heavy atom.